The highest BCUT2D eigenvalue weighted by Gasteiger charge is 2.23. The van der Waals surface area contributed by atoms with Gasteiger partial charge in [0, 0.05) is 24.7 Å². The molecule has 1 fully saturated rings. The molecule has 1 N–H and O–H groups in total. The molecule has 2 heterocycles. The Kier molecular flexibility index (Phi) is 5.06. The number of rotatable bonds is 5. The number of hydrogen-bond donors (Lipinski definition) is 1. The van der Waals surface area contributed by atoms with E-state index in [1.54, 1.807) is 0 Å². The number of piperidine rings is 1. The predicted octanol–water partition coefficient (Wildman–Crippen LogP) is 3.32. The first-order valence-corrected chi connectivity index (χ1v) is 7.63. The second-order valence-electron chi connectivity index (χ2n) is 6.04. The van der Waals surface area contributed by atoms with Crippen LogP contribution in [0, 0.1) is 12.8 Å². The van der Waals surface area contributed by atoms with Crippen LogP contribution in [-0.2, 0) is 13.1 Å². The minimum Gasteiger partial charge on any atom is -0.465 e. The van der Waals surface area contributed by atoms with Crippen molar-refractivity contribution in [2.45, 2.75) is 59.7 Å². The van der Waals surface area contributed by atoms with E-state index >= 15 is 0 Å². The second-order valence-corrected chi connectivity index (χ2v) is 6.04. The molecule has 1 aromatic heterocycles. The van der Waals surface area contributed by atoms with E-state index < -0.39 is 0 Å². The van der Waals surface area contributed by atoms with Crippen LogP contribution >= 0.6 is 0 Å². The molecule has 1 saturated heterocycles. The number of nitrogens with zero attached hydrogens (tertiary/aromatic N) is 1. The zero-order valence-electron chi connectivity index (χ0n) is 12.8. The van der Waals surface area contributed by atoms with Gasteiger partial charge in [-0.2, -0.15) is 0 Å². The molecule has 0 aliphatic carbocycles. The molecular formula is C16H28N2O. The van der Waals surface area contributed by atoms with Crippen molar-refractivity contribution in [2.24, 2.45) is 5.92 Å². The number of hydrogen-bond acceptors (Lipinski definition) is 3. The maximum atomic E-state index is 5.92. The van der Waals surface area contributed by atoms with E-state index in [0.29, 0.717) is 6.04 Å². The standard InChI is InChI=1S/C16H28N2O/c1-5-17-9-15-8-16(19-14(15)4)11-18-10-12(2)6-7-13(18)3/h8,12-13,17H,5-7,9-11H2,1-4H3. The van der Waals surface area contributed by atoms with Crippen molar-refractivity contribution in [3.8, 4) is 0 Å². The third-order valence-electron chi connectivity index (χ3n) is 4.24. The largest absolute Gasteiger partial charge is 0.465 e. The van der Waals surface area contributed by atoms with Crippen LogP contribution in [0.1, 0.15) is 50.7 Å². The van der Waals surface area contributed by atoms with E-state index in [-0.39, 0.29) is 0 Å². The number of furan rings is 1. The fourth-order valence-electron chi connectivity index (χ4n) is 2.90. The van der Waals surface area contributed by atoms with Gasteiger partial charge in [0.15, 0.2) is 0 Å². The minimum atomic E-state index is 0.679. The third kappa shape index (κ3) is 3.83. The predicted molar refractivity (Wildman–Crippen MR) is 79.1 cm³/mol. The third-order valence-corrected chi connectivity index (χ3v) is 4.24. The van der Waals surface area contributed by atoms with Crippen LogP contribution < -0.4 is 5.32 Å². The van der Waals surface area contributed by atoms with E-state index in [2.05, 4.69) is 44.0 Å². The summed E-state index contributed by atoms with van der Waals surface area (Å²) in [4.78, 5) is 2.56. The number of nitrogens with one attached hydrogen (secondary N) is 1. The summed E-state index contributed by atoms with van der Waals surface area (Å²) in [5.74, 6) is 2.99. The van der Waals surface area contributed by atoms with E-state index in [4.69, 9.17) is 4.42 Å². The summed E-state index contributed by atoms with van der Waals surface area (Å²) in [7, 11) is 0. The Morgan fingerprint density at radius 1 is 1.37 bits per heavy atom. The molecule has 2 unspecified atom stereocenters. The van der Waals surface area contributed by atoms with Gasteiger partial charge in [0.1, 0.15) is 11.5 Å². The van der Waals surface area contributed by atoms with Crippen LogP contribution in [0.4, 0.5) is 0 Å². The van der Waals surface area contributed by atoms with E-state index in [0.717, 1.165) is 37.1 Å². The summed E-state index contributed by atoms with van der Waals surface area (Å²) in [6.07, 6.45) is 2.67. The van der Waals surface area contributed by atoms with Gasteiger partial charge in [0.2, 0.25) is 0 Å². The SMILES string of the molecule is CCNCc1cc(CN2CC(C)CCC2C)oc1C. The van der Waals surface area contributed by atoms with Gasteiger partial charge in [-0.3, -0.25) is 4.90 Å². The minimum absolute atomic E-state index is 0.679. The summed E-state index contributed by atoms with van der Waals surface area (Å²) in [6.45, 7) is 13.0. The molecule has 0 bridgehead atoms. The smallest absolute Gasteiger partial charge is 0.118 e. The molecule has 1 aromatic rings. The Hall–Kier alpha value is -0.800. The number of aryl methyl sites for hydroxylation is 1. The van der Waals surface area contributed by atoms with Crippen LogP contribution in [0.15, 0.2) is 10.5 Å². The lowest BCUT2D eigenvalue weighted by Crippen LogP contribution is -2.40. The van der Waals surface area contributed by atoms with Gasteiger partial charge in [-0.05, 0) is 45.2 Å². The highest BCUT2D eigenvalue weighted by molar-refractivity contribution is 5.20. The molecule has 0 spiro atoms. The lowest BCUT2D eigenvalue weighted by atomic mass is 9.95. The summed E-state index contributed by atoms with van der Waals surface area (Å²) in [5.41, 5.74) is 1.30. The molecule has 0 radical (unpaired) electrons. The van der Waals surface area contributed by atoms with Crippen molar-refractivity contribution in [2.75, 3.05) is 13.1 Å². The van der Waals surface area contributed by atoms with Gasteiger partial charge in [0.25, 0.3) is 0 Å². The molecule has 0 saturated carbocycles. The van der Waals surface area contributed by atoms with Gasteiger partial charge < -0.3 is 9.73 Å². The Bertz CT molecular complexity index is 399. The van der Waals surface area contributed by atoms with Crippen molar-refractivity contribution in [1.29, 1.82) is 0 Å². The molecule has 0 aromatic carbocycles. The first-order valence-electron chi connectivity index (χ1n) is 7.63. The van der Waals surface area contributed by atoms with Crippen molar-refractivity contribution >= 4 is 0 Å². The first-order chi connectivity index (χ1) is 9.10. The average Bonchev–Trinajstić information content (AvgIpc) is 2.72. The van der Waals surface area contributed by atoms with Crippen LogP contribution in [-0.4, -0.2) is 24.0 Å². The highest BCUT2D eigenvalue weighted by atomic mass is 16.3. The molecular weight excluding hydrogens is 236 g/mol. The quantitative estimate of drug-likeness (QED) is 0.884. The summed E-state index contributed by atoms with van der Waals surface area (Å²) in [5, 5.41) is 3.36. The van der Waals surface area contributed by atoms with Crippen LogP contribution in [0.2, 0.25) is 0 Å². The van der Waals surface area contributed by atoms with Crippen LogP contribution in [0.25, 0.3) is 0 Å². The van der Waals surface area contributed by atoms with Crippen molar-refractivity contribution in [3.05, 3.63) is 23.2 Å². The van der Waals surface area contributed by atoms with E-state index in [9.17, 15) is 0 Å². The van der Waals surface area contributed by atoms with Gasteiger partial charge in [-0.1, -0.05) is 13.8 Å². The summed E-state index contributed by atoms with van der Waals surface area (Å²) < 4.78 is 5.92. The number of likely N-dealkylation sites (tertiary alicyclic amines) is 1. The Morgan fingerprint density at radius 3 is 2.89 bits per heavy atom. The van der Waals surface area contributed by atoms with Crippen molar-refractivity contribution in [1.82, 2.24) is 10.2 Å². The molecule has 2 rings (SSSR count). The van der Waals surface area contributed by atoms with E-state index in [1.807, 2.05) is 0 Å². The Labute approximate surface area is 117 Å². The van der Waals surface area contributed by atoms with Crippen LogP contribution in [0.5, 0.6) is 0 Å². The van der Waals surface area contributed by atoms with Gasteiger partial charge in [-0.25, -0.2) is 0 Å². The zero-order chi connectivity index (χ0) is 13.8. The monoisotopic (exact) mass is 264 g/mol. The fourth-order valence-corrected chi connectivity index (χ4v) is 2.90. The fraction of sp³-hybridized carbons (Fsp3) is 0.750. The lowest BCUT2D eigenvalue weighted by molar-refractivity contribution is 0.108. The Balaban J connectivity index is 1.98. The molecule has 0 amide bonds. The first kappa shape index (κ1) is 14.6. The molecule has 3 heteroatoms. The molecule has 1 aliphatic rings. The van der Waals surface area contributed by atoms with Gasteiger partial charge in [-0.15, -0.1) is 0 Å². The van der Waals surface area contributed by atoms with E-state index in [1.165, 1.54) is 24.9 Å². The molecule has 2 atom stereocenters. The second kappa shape index (κ2) is 6.58. The van der Waals surface area contributed by atoms with Crippen molar-refractivity contribution in [3.63, 3.8) is 0 Å². The van der Waals surface area contributed by atoms with Gasteiger partial charge >= 0.3 is 0 Å². The normalized spacial score (nSPS) is 24.8. The molecule has 19 heavy (non-hydrogen) atoms. The average molecular weight is 264 g/mol. The van der Waals surface area contributed by atoms with Crippen molar-refractivity contribution < 1.29 is 4.42 Å². The highest BCUT2D eigenvalue weighted by Crippen LogP contribution is 2.24. The summed E-state index contributed by atoms with van der Waals surface area (Å²) in [6, 6.07) is 2.91. The molecule has 1 aliphatic heterocycles. The Morgan fingerprint density at radius 2 is 2.16 bits per heavy atom. The summed E-state index contributed by atoms with van der Waals surface area (Å²) >= 11 is 0. The lowest BCUT2D eigenvalue weighted by Gasteiger charge is -2.36. The zero-order valence-corrected chi connectivity index (χ0v) is 12.8. The maximum absolute atomic E-state index is 5.92. The molecule has 3 nitrogen and oxygen atoms in total. The molecule has 108 valence electrons. The van der Waals surface area contributed by atoms with Crippen LogP contribution in [0.3, 0.4) is 0 Å². The topological polar surface area (TPSA) is 28.4 Å². The maximum Gasteiger partial charge on any atom is 0.118 e. The van der Waals surface area contributed by atoms with Gasteiger partial charge in [0.05, 0.1) is 6.54 Å².